The Bertz CT molecular complexity index is 958. The van der Waals surface area contributed by atoms with Crippen LogP contribution in [0.25, 0.3) is 0 Å². The molecule has 2 aromatic rings. The van der Waals surface area contributed by atoms with Gasteiger partial charge in [0.25, 0.3) is 11.8 Å². The Morgan fingerprint density at radius 1 is 1.13 bits per heavy atom. The molecule has 2 saturated heterocycles. The quantitative estimate of drug-likeness (QED) is 0.621. The highest BCUT2D eigenvalue weighted by Gasteiger charge is 2.45. The number of anilines is 1. The first-order valence-electron chi connectivity index (χ1n) is 9.74. The van der Waals surface area contributed by atoms with Crippen molar-refractivity contribution in [3.05, 3.63) is 64.4 Å². The summed E-state index contributed by atoms with van der Waals surface area (Å²) >= 11 is 3.34. The van der Waals surface area contributed by atoms with Gasteiger partial charge >= 0.3 is 0 Å². The summed E-state index contributed by atoms with van der Waals surface area (Å²) in [5, 5.41) is 0. The molecule has 2 aliphatic heterocycles. The molecule has 2 unspecified atom stereocenters. The zero-order chi connectivity index (χ0) is 21.3. The van der Waals surface area contributed by atoms with Crippen LogP contribution in [-0.2, 0) is 14.3 Å². The largest absolute Gasteiger partial charge is 0.376 e. The number of halogens is 2. The van der Waals surface area contributed by atoms with E-state index in [4.69, 9.17) is 4.74 Å². The topological polar surface area (TPSA) is 66.9 Å². The van der Waals surface area contributed by atoms with E-state index in [-0.39, 0.29) is 30.5 Å². The summed E-state index contributed by atoms with van der Waals surface area (Å²) in [4.78, 5) is 41.7. The number of ether oxygens (including phenoxy) is 1. The van der Waals surface area contributed by atoms with Gasteiger partial charge in [-0.25, -0.2) is 9.29 Å². The van der Waals surface area contributed by atoms with Crippen LogP contribution in [0.15, 0.2) is 53.0 Å². The second-order valence-corrected chi connectivity index (χ2v) is 8.28. The molecule has 156 valence electrons. The van der Waals surface area contributed by atoms with Crippen molar-refractivity contribution in [3.8, 4) is 0 Å². The molecule has 2 heterocycles. The zero-order valence-electron chi connectivity index (χ0n) is 16.1. The lowest BCUT2D eigenvalue weighted by Crippen LogP contribution is -2.48. The van der Waals surface area contributed by atoms with E-state index < -0.39 is 23.7 Å². The van der Waals surface area contributed by atoms with Crippen LogP contribution in [0.3, 0.4) is 0 Å². The van der Waals surface area contributed by atoms with Crippen LogP contribution < -0.4 is 4.90 Å². The molecule has 0 aromatic heterocycles. The summed E-state index contributed by atoms with van der Waals surface area (Å²) in [6.45, 7) is 0.805. The molecular weight excluding hydrogens is 455 g/mol. The summed E-state index contributed by atoms with van der Waals surface area (Å²) in [7, 11) is 0. The first-order valence-corrected chi connectivity index (χ1v) is 10.5. The molecule has 3 amide bonds. The lowest BCUT2D eigenvalue weighted by molar-refractivity contribution is -0.122. The smallest absolute Gasteiger partial charge is 0.257 e. The molecule has 0 N–H and O–H groups in total. The van der Waals surface area contributed by atoms with Crippen LogP contribution in [0.1, 0.15) is 29.6 Å². The minimum atomic E-state index is -0.928. The third-order valence-corrected chi connectivity index (χ3v) is 5.89. The predicted octanol–water partition coefficient (Wildman–Crippen LogP) is 3.54. The molecule has 0 bridgehead atoms. The van der Waals surface area contributed by atoms with Crippen molar-refractivity contribution >= 4 is 39.3 Å². The lowest BCUT2D eigenvalue weighted by Gasteiger charge is -2.30. The average molecular weight is 475 g/mol. The first-order chi connectivity index (χ1) is 14.4. The van der Waals surface area contributed by atoms with E-state index in [1.165, 1.54) is 29.2 Å². The summed E-state index contributed by atoms with van der Waals surface area (Å²) in [5.41, 5.74) is 0.721. The van der Waals surface area contributed by atoms with Crippen molar-refractivity contribution in [2.24, 2.45) is 0 Å². The van der Waals surface area contributed by atoms with Crippen LogP contribution in [0.4, 0.5) is 10.1 Å². The van der Waals surface area contributed by atoms with Crippen molar-refractivity contribution in [1.29, 1.82) is 0 Å². The molecule has 8 heteroatoms. The highest BCUT2D eigenvalue weighted by molar-refractivity contribution is 9.10. The molecule has 2 aromatic carbocycles. The SMILES string of the molecule is O=C1CC(N(CC2CCCO2)C(=O)c2ccc(F)cc2)C(=O)N1c1ccc(Br)cc1. The number of rotatable bonds is 5. The van der Waals surface area contributed by atoms with Gasteiger partial charge in [0, 0.05) is 23.2 Å². The molecule has 30 heavy (non-hydrogen) atoms. The fourth-order valence-electron chi connectivity index (χ4n) is 3.84. The molecule has 0 saturated carbocycles. The van der Waals surface area contributed by atoms with Crippen molar-refractivity contribution in [3.63, 3.8) is 0 Å². The van der Waals surface area contributed by atoms with Gasteiger partial charge in [0.1, 0.15) is 11.9 Å². The zero-order valence-corrected chi connectivity index (χ0v) is 17.7. The van der Waals surface area contributed by atoms with Gasteiger partial charge < -0.3 is 9.64 Å². The number of benzene rings is 2. The minimum Gasteiger partial charge on any atom is -0.376 e. The second-order valence-electron chi connectivity index (χ2n) is 7.36. The second kappa shape index (κ2) is 8.65. The number of hydrogen-bond acceptors (Lipinski definition) is 4. The van der Waals surface area contributed by atoms with E-state index in [1.54, 1.807) is 24.3 Å². The number of carbonyl (C=O) groups excluding carboxylic acids is 3. The Morgan fingerprint density at radius 2 is 1.83 bits per heavy atom. The Morgan fingerprint density at radius 3 is 2.47 bits per heavy atom. The van der Waals surface area contributed by atoms with Crippen LogP contribution in [-0.4, -0.2) is 47.9 Å². The molecule has 0 spiro atoms. The number of imide groups is 1. The Kier molecular flexibility index (Phi) is 5.97. The van der Waals surface area contributed by atoms with Gasteiger partial charge in [-0.05, 0) is 61.4 Å². The molecule has 2 atom stereocenters. The number of carbonyl (C=O) groups is 3. The summed E-state index contributed by atoms with van der Waals surface area (Å²) < 4.78 is 19.8. The van der Waals surface area contributed by atoms with E-state index in [0.29, 0.717) is 12.3 Å². The molecule has 2 fully saturated rings. The van der Waals surface area contributed by atoms with Crippen molar-refractivity contribution < 1.29 is 23.5 Å². The number of amides is 3. The summed E-state index contributed by atoms with van der Waals surface area (Å²) in [5.74, 6) is -1.69. The average Bonchev–Trinajstić information content (AvgIpc) is 3.35. The summed E-state index contributed by atoms with van der Waals surface area (Å²) in [6, 6.07) is 11.1. The lowest BCUT2D eigenvalue weighted by atomic mass is 10.1. The predicted molar refractivity (Wildman–Crippen MR) is 111 cm³/mol. The Hall–Kier alpha value is -2.58. The van der Waals surface area contributed by atoms with Crippen molar-refractivity contribution in [2.45, 2.75) is 31.4 Å². The molecule has 0 radical (unpaired) electrons. The standard InChI is InChI=1S/C22H20BrFN2O4/c23-15-5-9-17(10-6-15)26-20(27)12-19(22(26)29)25(13-18-2-1-11-30-18)21(28)14-3-7-16(24)8-4-14/h3-10,18-19H,1-2,11-13H2. The van der Waals surface area contributed by atoms with Crippen LogP contribution in [0.5, 0.6) is 0 Å². The maximum atomic E-state index is 13.3. The molecular formula is C22H20BrFN2O4. The fraction of sp³-hybridized carbons (Fsp3) is 0.318. The van der Waals surface area contributed by atoms with Crippen molar-refractivity contribution in [2.75, 3.05) is 18.1 Å². The maximum Gasteiger partial charge on any atom is 0.257 e. The third kappa shape index (κ3) is 4.15. The first kappa shape index (κ1) is 20.7. The van der Waals surface area contributed by atoms with E-state index in [2.05, 4.69) is 15.9 Å². The van der Waals surface area contributed by atoms with Crippen LogP contribution >= 0.6 is 15.9 Å². The Labute approximate surface area is 181 Å². The van der Waals surface area contributed by atoms with Gasteiger partial charge in [0.05, 0.1) is 18.2 Å². The monoisotopic (exact) mass is 474 g/mol. The van der Waals surface area contributed by atoms with E-state index in [1.807, 2.05) is 0 Å². The molecule has 0 aliphatic carbocycles. The van der Waals surface area contributed by atoms with Gasteiger partial charge in [-0.1, -0.05) is 15.9 Å². The van der Waals surface area contributed by atoms with Gasteiger partial charge in [0.2, 0.25) is 5.91 Å². The van der Waals surface area contributed by atoms with Gasteiger partial charge in [-0.15, -0.1) is 0 Å². The third-order valence-electron chi connectivity index (χ3n) is 5.36. The maximum absolute atomic E-state index is 13.3. The molecule has 6 nitrogen and oxygen atoms in total. The van der Waals surface area contributed by atoms with Gasteiger partial charge in [-0.3, -0.25) is 14.4 Å². The van der Waals surface area contributed by atoms with Gasteiger partial charge in [-0.2, -0.15) is 0 Å². The Balaban J connectivity index is 1.63. The normalized spacial score (nSPS) is 21.3. The van der Waals surface area contributed by atoms with Gasteiger partial charge in [0.15, 0.2) is 0 Å². The minimum absolute atomic E-state index is 0.103. The summed E-state index contributed by atoms with van der Waals surface area (Å²) in [6.07, 6.45) is 1.36. The highest BCUT2D eigenvalue weighted by atomic mass is 79.9. The fourth-order valence-corrected chi connectivity index (χ4v) is 4.10. The van der Waals surface area contributed by atoms with E-state index in [9.17, 15) is 18.8 Å². The molecule has 4 rings (SSSR count). The highest BCUT2D eigenvalue weighted by Crippen LogP contribution is 2.29. The van der Waals surface area contributed by atoms with Crippen LogP contribution in [0, 0.1) is 5.82 Å². The molecule has 2 aliphatic rings. The van der Waals surface area contributed by atoms with E-state index >= 15 is 0 Å². The number of nitrogens with zero attached hydrogens (tertiary/aromatic N) is 2. The van der Waals surface area contributed by atoms with Crippen molar-refractivity contribution in [1.82, 2.24) is 4.90 Å². The van der Waals surface area contributed by atoms with E-state index in [0.717, 1.165) is 22.2 Å². The van der Waals surface area contributed by atoms with Crippen LogP contribution in [0.2, 0.25) is 0 Å². The number of hydrogen-bond donors (Lipinski definition) is 0.